The zero-order valence-electron chi connectivity index (χ0n) is 14.7. The molecule has 2 aromatic rings. The normalized spacial score (nSPS) is 19.8. The monoisotopic (exact) mass is 377 g/mol. The highest BCUT2D eigenvalue weighted by atomic mass is 35.5. The smallest absolute Gasteiger partial charge is 0.270 e. The number of ether oxygens (including phenoxy) is 1. The molecule has 1 aliphatic heterocycles. The first-order valence-corrected chi connectivity index (χ1v) is 8.51. The van der Waals surface area contributed by atoms with E-state index in [1.54, 1.807) is 12.1 Å². The summed E-state index contributed by atoms with van der Waals surface area (Å²) >= 11 is 0. The molecule has 7 heteroatoms. The molecule has 1 heterocycles. The van der Waals surface area contributed by atoms with Crippen molar-refractivity contribution >= 4 is 18.1 Å². The van der Waals surface area contributed by atoms with Crippen LogP contribution in [-0.4, -0.2) is 35.6 Å². The fourth-order valence-corrected chi connectivity index (χ4v) is 3.44. The summed E-state index contributed by atoms with van der Waals surface area (Å²) in [6.45, 7) is 4.61. The minimum atomic E-state index is -0.373. The van der Waals surface area contributed by atoms with Gasteiger partial charge in [0, 0.05) is 49.3 Å². The number of benzene rings is 2. The second-order valence-corrected chi connectivity index (χ2v) is 6.36. The van der Waals surface area contributed by atoms with Crippen molar-refractivity contribution in [3.05, 3.63) is 69.8 Å². The Morgan fingerprint density at radius 2 is 1.96 bits per heavy atom. The van der Waals surface area contributed by atoms with E-state index in [1.165, 1.54) is 11.6 Å². The standard InChI is InChI=1S/C19H23N3O3.ClH/c1-2-25-19-9-8-16(22(23)24)10-15(19)11-21-12-17(18(20)13-21)14-6-4-3-5-7-14;/h3-10,17-18H,2,11-13,20H2,1H3;1H/t17-,18+;/m0./s1. The molecule has 0 spiro atoms. The van der Waals surface area contributed by atoms with Gasteiger partial charge in [-0.1, -0.05) is 30.3 Å². The predicted octanol–water partition coefficient (Wildman–Crippen LogP) is 3.34. The van der Waals surface area contributed by atoms with Crippen LogP contribution in [0.15, 0.2) is 48.5 Å². The summed E-state index contributed by atoms with van der Waals surface area (Å²) in [7, 11) is 0. The fourth-order valence-electron chi connectivity index (χ4n) is 3.44. The Balaban J connectivity index is 0.00000243. The lowest BCUT2D eigenvalue weighted by molar-refractivity contribution is -0.385. The number of likely N-dealkylation sites (tertiary alicyclic amines) is 1. The number of nitro benzene ring substituents is 1. The summed E-state index contributed by atoms with van der Waals surface area (Å²) < 4.78 is 5.64. The van der Waals surface area contributed by atoms with Crippen molar-refractivity contribution in [3.8, 4) is 5.75 Å². The molecule has 0 radical (unpaired) electrons. The van der Waals surface area contributed by atoms with Crippen LogP contribution in [0.1, 0.15) is 24.0 Å². The van der Waals surface area contributed by atoms with E-state index in [0.29, 0.717) is 18.9 Å². The van der Waals surface area contributed by atoms with Gasteiger partial charge in [0.1, 0.15) is 5.75 Å². The van der Waals surface area contributed by atoms with Crippen molar-refractivity contribution in [3.63, 3.8) is 0 Å². The molecule has 3 rings (SSSR count). The Kier molecular flexibility index (Phi) is 6.97. The first-order valence-electron chi connectivity index (χ1n) is 8.51. The molecule has 0 saturated carbocycles. The van der Waals surface area contributed by atoms with Gasteiger partial charge in [0.15, 0.2) is 0 Å². The van der Waals surface area contributed by atoms with Gasteiger partial charge in [-0.15, -0.1) is 12.4 Å². The van der Waals surface area contributed by atoms with Gasteiger partial charge in [-0.2, -0.15) is 0 Å². The number of rotatable bonds is 6. The maximum absolute atomic E-state index is 11.1. The third-order valence-electron chi connectivity index (χ3n) is 4.62. The van der Waals surface area contributed by atoms with Gasteiger partial charge >= 0.3 is 0 Å². The number of halogens is 1. The Bertz CT molecular complexity index is 742. The van der Waals surface area contributed by atoms with Crippen LogP contribution in [0.25, 0.3) is 0 Å². The highest BCUT2D eigenvalue weighted by Gasteiger charge is 2.31. The zero-order chi connectivity index (χ0) is 17.8. The van der Waals surface area contributed by atoms with Gasteiger partial charge in [0.05, 0.1) is 11.5 Å². The molecule has 1 fully saturated rings. The number of nitro groups is 1. The number of nitrogens with zero attached hydrogens (tertiary/aromatic N) is 2. The van der Waals surface area contributed by atoms with Gasteiger partial charge in [-0.3, -0.25) is 15.0 Å². The van der Waals surface area contributed by atoms with E-state index in [9.17, 15) is 10.1 Å². The zero-order valence-corrected chi connectivity index (χ0v) is 15.5. The predicted molar refractivity (Wildman–Crippen MR) is 104 cm³/mol. The van der Waals surface area contributed by atoms with Gasteiger partial charge in [-0.05, 0) is 18.6 Å². The first kappa shape index (κ1) is 20.2. The summed E-state index contributed by atoms with van der Waals surface area (Å²) in [5, 5.41) is 11.1. The molecular formula is C19H24ClN3O3. The van der Waals surface area contributed by atoms with Gasteiger partial charge in [-0.25, -0.2) is 0 Å². The van der Waals surface area contributed by atoms with Crippen LogP contribution in [0.3, 0.4) is 0 Å². The van der Waals surface area contributed by atoms with Crippen LogP contribution in [0.2, 0.25) is 0 Å². The Morgan fingerprint density at radius 3 is 2.62 bits per heavy atom. The van der Waals surface area contributed by atoms with Gasteiger partial charge < -0.3 is 10.5 Å². The average Bonchev–Trinajstić information content (AvgIpc) is 2.97. The summed E-state index contributed by atoms with van der Waals surface area (Å²) in [6, 6.07) is 15.1. The quantitative estimate of drug-likeness (QED) is 0.616. The lowest BCUT2D eigenvalue weighted by Crippen LogP contribution is -2.28. The molecule has 1 saturated heterocycles. The van der Waals surface area contributed by atoms with Gasteiger partial charge in [0.2, 0.25) is 0 Å². The summed E-state index contributed by atoms with van der Waals surface area (Å²) in [4.78, 5) is 12.9. The molecule has 26 heavy (non-hydrogen) atoms. The molecule has 2 aromatic carbocycles. The molecule has 2 N–H and O–H groups in total. The molecule has 0 amide bonds. The van der Waals surface area contributed by atoms with Crippen molar-refractivity contribution in [2.45, 2.75) is 25.4 Å². The largest absolute Gasteiger partial charge is 0.494 e. The van der Waals surface area contributed by atoms with E-state index < -0.39 is 0 Å². The Labute approximate surface area is 159 Å². The van der Waals surface area contributed by atoms with Crippen molar-refractivity contribution in [2.75, 3.05) is 19.7 Å². The lowest BCUT2D eigenvalue weighted by Gasteiger charge is -2.18. The van der Waals surface area contributed by atoms with Crippen LogP contribution in [0.4, 0.5) is 5.69 Å². The maximum Gasteiger partial charge on any atom is 0.270 e. The number of nitrogens with two attached hydrogens (primary N) is 1. The third-order valence-corrected chi connectivity index (χ3v) is 4.62. The highest BCUT2D eigenvalue weighted by molar-refractivity contribution is 5.85. The topological polar surface area (TPSA) is 81.6 Å². The minimum absolute atomic E-state index is 0. The second kappa shape index (κ2) is 8.98. The molecule has 0 bridgehead atoms. The molecule has 2 atom stereocenters. The van der Waals surface area contributed by atoms with E-state index in [1.807, 2.05) is 25.1 Å². The summed E-state index contributed by atoms with van der Waals surface area (Å²) in [5.41, 5.74) is 8.50. The molecule has 0 aromatic heterocycles. The van der Waals surface area contributed by atoms with Crippen LogP contribution in [-0.2, 0) is 6.54 Å². The Morgan fingerprint density at radius 1 is 1.23 bits per heavy atom. The molecule has 0 aliphatic carbocycles. The van der Waals surface area contributed by atoms with Crippen molar-refractivity contribution in [2.24, 2.45) is 5.73 Å². The number of non-ortho nitro benzene ring substituents is 1. The van der Waals surface area contributed by atoms with E-state index in [4.69, 9.17) is 10.5 Å². The van der Waals surface area contributed by atoms with Crippen LogP contribution >= 0.6 is 12.4 Å². The summed E-state index contributed by atoms with van der Waals surface area (Å²) in [6.07, 6.45) is 0. The van der Waals surface area contributed by atoms with Crippen LogP contribution in [0.5, 0.6) is 5.75 Å². The molecular weight excluding hydrogens is 354 g/mol. The average molecular weight is 378 g/mol. The van der Waals surface area contributed by atoms with Crippen molar-refractivity contribution in [1.29, 1.82) is 0 Å². The van der Waals surface area contributed by atoms with E-state index in [-0.39, 0.29) is 35.0 Å². The lowest BCUT2D eigenvalue weighted by atomic mass is 9.95. The minimum Gasteiger partial charge on any atom is -0.494 e. The maximum atomic E-state index is 11.1. The van der Waals surface area contributed by atoms with Crippen molar-refractivity contribution in [1.82, 2.24) is 4.90 Å². The van der Waals surface area contributed by atoms with E-state index in [2.05, 4.69) is 17.0 Å². The van der Waals surface area contributed by atoms with Crippen LogP contribution in [0, 0.1) is 10.1 Å². The second-order valence-electron chi connectivity index (χ2n) is 6.36. The van der Waals surface area contributed by atoms with Crippen LogP contribution < -0.4 is 10.5 Å². The van der Waals surface area contributed by atoms with Gasteiger partial charge in [0.25, 0.3) is 5.69 Å². The van der Waals surface area contributed by atoms with Crippen molar-refractivity contribution < 1.29 is 9.66 Å². The highest BCUT2D eigenvalue weighted by Crippen LogP contribution is 2.31. The fraction of sp³-hybridized carbons (Fsp3) is 0.368. The molecule has 140 valence electrons. The van der Waals surface area contributed by atoms with E-state index in [0.717, 1.165) is 18.7 Å². The number of hydrogen-bond acceptors (Lipinski definition) is 5. The molecule has 6 nitrogen and oxygen atoms in total. The third kappa shape index (κ3) is 4.52. The molecule has 1 aliphatic rings. The number of hydrogen-bond donors (Lipinski definition) is 1. The Hall–Kier alpha value is -2.15. The molecule has 0 unspecified atom stereocenters. The summed E-state index contributed by atoms with van der Waals surface area (Å²) in [5.74, 6) is 0.972. The van der Waals surface area contributed by atoms with E-state index >= 15 is 0 Å². The SMILES string of the molecule is CCOc1ccc([N+](=O)[O-])cc1CN1C[C@@H](N)[C@H](c2ccccc2)C1.Cl. The first-order chi connectivity index (χ1) is 12.1.